The summed E-state index contributed by atoms with van der Waals surface area (Å²) in [7, 11) is 0. The lowest BCUT2D eigenvalue weighted by Gasteiger charge is -2.11. The minimum atomic E-state index is -1.14. The van der Waals surface area contributed by atoms with E-state index in [1.807, 2.05) is 13.8 Å². The van der Waals surface area contributed by atoms with Crippen molar-refractivity contribution in [2.45, 2.75) is 20.8 Å². The van der Waals surface area contributed by atoms with E-state index in [1.165, 1.54) is 0 Å². The first-order valence-electron chi connectivity index (χ1n) is 6.67. The molecule has 1 aromatic carbocycles. The van der Waals surface area contributed by atoms with E-state index in [0.29, 0.717) is 36.0 Å². The number of ether oxygens (including phenoxy) is 2. The topological polar surface area (TPSA) is 81.8 Å². The first-order chi connectivity index (χ1) is 10.1. The van der Waals surface area contributed by atoms with Gasteiger partial charge in [-0.25, -0.2) is 9.78 Å². The molecule has 0 atom stereocenters. The summed E-state index contributed by atoms with van der Waals surface area (Å²) in [5.74, 6) is 0.155. The Labute approximate surface area is 122 Å². The molecule has 2 rings (SSSR count). The van der Waals surface area contributed by atoms with E-state index >= 15 is 0 Å². The Hall–Kier alpha value is -2.50. The van der Waals surface area contributed by atoms with E-state index < -0.39 is 5.97 Å². The second kappa shape index (κ2) is 6.30. The number of hydrogen-bond donors (Lipinski definition) is 1. The van der Waals surface area contributed by atoms with Crippen LogP contribution in [-0.2, 0) is 0 Å². The van der Waals surface area contributed by atoms with E-state index in [-0.39, 0.29) is 11.7 Å². The number of aromatic carboxylic acids is 1. The van der Waals surface area contributed by atoms with E-state index in [0.717, 1.165) is 0 Å². The van der Waals surface area contributed by atoms with Gasteiger partial charge in [0.25, 0.3) is 0 Å². The predicted molar refractivity (Wildman–Crippen MR) is 76.0 cm³/mol. The summed E-state index contributed by atoms with van der Waals surface area (Å²) in [5, 5.41) is 9.00. The molecule has 1 heterocycles. The number of hydrogen-bond acceptors (Lipinski definition) is 5. The molecule has 0 bridgehead atoms. The fourth-order valence-electron chi connectivity index (χ4n) is 1.90. The van der Waals surface area contributed by atoms with Gasteiger partial charge < -0.3 is 19.0 Å². The van der Waals surface area contributed by atoms with Crippen molar-refractivity contribution in [3.05, 3.63) is 29.7 Å². The predicted octanol–water partition coefficient (Wildman–Crippen LogP) is 3.15. The Kier molecular flexibility index (Phi) is 4.47. The highest BCUT2D eigenvalue weighted by molar-refractivity contribution is 5.86. The summed E-state index contributed by atoms with van der Waals surface area (Å²) in [4.78, 5) is 15.1. The van der Waals surface area contributed by atoms with Crippen LogP contribution in [0.2, 0.25) is 0 Å². The fraction of sp³-hybridized carbons (Fsp3) is 0.333. The van der Waals surface area contributed by atoms with Crippen LogP contribution in [-0.4, -0.2) is 29.3 Å². The quantitative estimate of drug-likeness (QED) is 0.880. The number of carboxylic acids is 1. The Bertz CT molecular complexity index is 648. The van der Waals surface area contributed by atoms with Gasteiger partial charge in [-0.05, 0) is 39.0 Å². The average Bonchev–Trinajstić information content (AvgIpc) is 2.83. The number of benzene rings is 1. The lowest BCUT2D eigenvalue weighted by atomic mass is 10.2. The molecule has 6 nitrogen and oxygen atoms in total. The van der Waals surface area contributed by atoms with Crippen LogP contribution < -0.4 is 9.47 Å². The Morgan fingerprint density at radius 2 is 1.90 bits per heavy atom. The van der Waals surface area contributed by atoms with Crippen LogP contribution >= 0.6 is 0 Å². The van der Waals surface area contributed by atoms with Crippen LogP contribution in [0.3, 0.4) is 0 Å². The van der Waals surface area contributed by atoms with Crippen molar-refractivity contribution in [1.29, 1.82) is 0 Å². The van der Waals surface area contributed by atoms with Gasteiger partial charge >= 0.3 is 5.97 Å². The van der Waals surface area contributed by atoms with Gasteiger partial charge in [-0.3, -0.25) is 0 Å². The largest absolute Gasteiger partial charge is 0.490 e. The molecule has 112 valence electrons. The Morgan fingerprint density at radius 1 is 1.24 bits per heavy atom. The van der Waals surface area contributed by atoms with Gasteiger partial charge in [-0.2, -0.15) is 0 Å². The summed E-state index contributed by atoms with van der Waals surface area (Å²) in [5.41, 5.74) is 0.974. The summed E-state index contributed by atoms with van der Waals surface area (Å²) >= 11 is 0. The number of aromatic nitrogens is 1. The molecule has 0 fully saturated rings. The van der Waals surface area contributed by atoms with Crippen LogP contribution in [0.1, 0.15) is 30.1 Å². The number of carboxylic acid groups (broad SMARTS) is 1. The number of aryl methyl sites for hydroxylation is 1. The van der Waals surface area contributed by atoms with Crippen molar-refractivity contribution < 1.29 is 23.8 Å². The summed E-state index contributed by atoms with van der Waals surface area (Å²) in [6, 6.07) is 5.24. The molecular weight excluding hydrogens is 274 g/mol. The SMILES string of the molecule is CCOc1ccc(-c2nc(C)c(C(=O)O)o2)cc1OCC. The van der Waals surface area contributed by atoms with Crippen molar-refractivity contribution in [1.82, 2.24) is 4.98 Å². The van der Waals surface area contributed by atoms with Gasteiger partial charge in [0.1, 0.15) is 0 Å². The highest BCUT2D eigenvalue weighted by atomic mass is 16.5. The molecule has 0 spiro atoms. The number of oxazole rings is 1. The Morgan fingerprint density at radius 3 is 2.48 bits per heavy atom. The molecule has 21 heavy (non-hydrogen) atoms. The summed E-state index contributed by atoms with van der Waals surface area (Å²) in [6.07, 6.45) is 0. The van der Waals surface area contributed by atoms with Gasteiger partial charge in [-0.1, -0.05) is 0 Å². The maximum Gasteiger partial charge on any atom is 0.373 e. The molecule has 0 aliphatic heterocycles. The van der Waals surface area contributed by atoms with Crippen molar-refractivity contribution in [2.24, 2.45) is 0 Å². The molecule has 1 N–H and O–H groups in total. The third-order valence-corrected chi connectivity index (χ3v) is 2.78. The zero-order chi connectivity index (χ0) is 15.4. The van der Waals surface area contributed by atoms with Crippen LogP contribution in [0.15, 0.2) is 22.6 Å². The molecule has 0 radical (unpaired) electrons. The van der Waals surface area contributed by atoms with Crippen LogP contribution in [0.5, 0.6) is 11.5 Å². The molecule has 0 aliphatic rings. The minimum Gasteiger partial charge on any atom is -0.490 e. The maximum atomic E-state index is 11.0. The molecule has 1 aromatic heterocycles. The second-order valence-corrected chi connectivity index (χ2v) is 4.27. The smallest absolute Gasteiger partial charge is 0.373 e. The van der Waals surface area contributed by atoms with Gasteiger partial charge in [-0.15, -0.1) is 0 Å². The van der Waals surface area contributed by atoms with E-state index in [2.05, 4.69) is 4.98 Å². The van der Waals surface area contributed by atoms with Crippen molar-refractivity contribution in [3.63, 3.8) is 0 Å². The summed E-state index contributed by atoms with van der Waals surface area (Å²) in [6.45, 7) is 6.38. The maximum absolute atomic E-state index is 11.0. The molecule has 0 unspecified atom stereocenters. The van der Waals surface area contributed by atoms with Crippen molar-refractivity contribution >= 4 is 5.97 Å². The molecular formula is C15H17NO5. The van der Waals surface area contributed by atoms with Crippen LogP contribution in [0.4, 0.5) is 0 Å². The lowest BCUT2D eigenvalue weighted by molar-refractivity contribution is 0.0662. The van der Waals surface area contributed by atoms with Crippen LogP contribution in [0, 0.1) is 6.92 Å². The van der Waals surface area contributed by atoms with Crippen LogP contribution in [0.25, 0.3) is 11.5 Å². The van der Waals surface area contributed by atoms with E-state index in [1.54, 1.807) is 25.1 Å². The number of rotatable bonds is 6. The lowest BCUT2D eigenvalue weighted by Crippen LogP contribution is -1.98. The van der Waals surface area contributed by atoms with E-state index in [9.17, 15) is 4.79 Å². The Balaban J connectivity index is 2.42. The molecule has 0 aliphatic carbocycles. The van der Waals surface area contributed by atoms with Crippen molar-refractivity contribution in [3.8, 4) is 23.0 Å². The first kappa shape index (κ1) is 14.9. The molecule has 0 amide bonds. The third kappa shape index (κ3) is 3.16. The summed E-state index contributed by atoms with van der Waals surface area (Å²) < 4.78 is 16.3. The molecule has 2 aromatic rings. The molecule has 0 saturated heterocycles. The third-order valence-electron chi connectivity index (χ3n) is 2.78. The second-order valence-electron chi connectivity index (χ2n) is 4.27. The standard InChI is InChI=1S/C15H17NO5/c1-4-19-11-7-6-10(8-12(11)20-5-2)14-16-9(3)13(21-14)15(17)18/h6-8H,4-5H2,1-3H3,(H,17,18). The highest BCUT2D eigenvalue weighted by Gasteiger charge is 2.18. The van der Waals surface area contributed by atoms with Gasteiger partial charge in [0.15, 0.2) is 11.5 Å². The zero-order valence-corrected chi connectivity index (χ0v) is 12.2. The molecule has 6 heteroatoms. The monoisotopic (exact) mass is 291 g/mol. The average molecular weight is 291 g/mol. The number of nitrogens with zero attached hydrogens (tertiary/aromatic N) is 1. The first-order valence-corrected chi connectivity index (χ1v) is 6.67. The van der Waals surface area contributed by atoms with Gasteiger partial charge in [0.05, 0.1) is 18.9 Å². The fourth-order valence-corrected chi connectivity index (χ4v) is 1.90. The molecule has 0 saturated carbocycles. The zero-order valence-electron chi connectivity index (χ0n) is 12.2. The van der Waals surface area contributed by atoms with Gasteiger partial charge in [0.2, 0.25) is 11.7 Å². The minimum absolute atomic E-state index is 0.156. The highest BCUT2D eigenvalue weighted by Crippen LogP contribution is 2.33. The van der Waals surface area contributed by atoms with E-state index in [4.69, 9.17) is 19.0 Å². The van der Waals surface area contributed by atoms with Crippen molar-refractivity contribution in [2.75, 3.05) is 13.2 Å². The normalized spacial score (nSPS) is 10.4. The van der Waals surface area contributed by atoms with Gasteiger partial charge in [0, 0.05) is 5.56 Å². The number of carbonyl (C=O) groups is 1.